The summed E-state index contributed by atoms with van der Waals surface area (Å²) in [4.78, 5) is 27.8. The fourth-order valence-corrected chi connectivity index (χ4v) is 3.92. The molecule has 0 aliphatic carbocycles. The van der Waals surface area contributed by atoms with Crippen LogP contribution in [0.15, 0.2) is 12.1 Å². The largest absolute Gasteiger partial charge is 0.369 e. The highest BCUT2D eigenvalue weighted by Gasteiger charge is 2.28. The zero-order chi connectivity index (χ0) is 16.1. The molecule has 2 rings (SSSR count). The van der Waals surface area contributed by atoms with Crippen molar-refractivity contribution in [2.24, 2.45) is 11.7 Å². The van der Waals surface area contributed by atoms with Crippen LogP contribution in [0.5, 0.6) is 0 Å². The fourth-order valence-electron chi connectivity index (χ4n) is 2.81. The van der Waals surface area contributed by atoms with Gasteiger partial charge in [-0.3, -0.25) is 9.59 Å². The van der Waals surface area contributed by atoms with Crippen molar-refractivity contribution >= 4 is 34.8 Å². The topological polar surface area (TPSA) is 67.8 Å². The predicted octanol–water partition coefficient (Wildman–Crippen LogP) is 0.530. The normalized spacial score (nSPS) is 21.5. The summed E-state index contributed by atoms with van der Waals surface area (Å²) >= 11 is 7.45. The Kier molecular flexibility index (Phi) is 6.23. The molecule has 0 aromatic carbocycles. The quantitative estimate of drug-likeness (QED) is 0.790. The van der Waals surface area contributed by atoms with Crippen molar-refractivity contribution in [3.8, 4) is 0 Å². The third-order valence-corrected chi connectivity index (χ3v) is 5.42. The van der Waals surface area contributed by atoms with Gasteiger partial charge in [0, 0.05) is 30.2 Å². The van der Waals surface area contributed by atoms with Crippen LogP contribution in [-0.2, 0) is 16.1 Å². The van der Waals surface area contributed by atoms with E-state index >= 15 is 0 Å². The fraction of sp³-hybridized carbons (Fsp3) is 0.600. The first-order chi connectivity index (χ1) is 10.5. The summed E-state index contributed by atoms with van der Waals surface area (Å²) in [5.74, 6) is -0.0796. The van der Waals surface area contributed by atoms with E-state index in [1.165, 1.54) is 16.2 Å². The summed E-state index contributed by atoms with van der Waals surface area (Å²) in [5, 5.41) is 0. The highest BCUT2D eigenvalue weighted by atomic mass is 35.5. The van der Waals surface area contributed by atoms with Crippen molar-refractivity contribution in [1.82, 2.24) is 4.90 Å². The summed E-state index contributed by atoms with van der Waals surface area (Å²) in [6.07, 6.45) is 1.56. The van der Waals surface area contributed by atoms with Crippen LogP contribution in [0.4, 0.5) is 0 Å². The Morgan fingerprint density at radius 3 is 2.59 bits per heavy atom. The maximum absolute atomic E-state index is 12.5. The van der Waals surface area contributed by atoms with Crippen molar-refractivity contribution in [1.29, 1.82) is 0 Å². The van der Waals surface area contributed by atoms with Crippen molar-refractivity contribution in [3.05, 3.63) is 21.3 Å². The van der Waals surface area contributed by atoms with E-state index in [0.29, 0.717) is 19.6 Å². The van der Waals surface area contributed by atoms with E-state index in [0.717, 1.165) is 35.1 Å². The molecule has 3 N–H and O–H groups in total. The summed E-state index contributed by atoms with van der Waals surface area (Å²) in [5.41, 5.74) is 5.34. The minimum atomic E-state index is -0.213. The summed E-state index contributed by atoms with van der Waals surface area (Å²) in [6.45, 7) is 5.44. The van der Waals surface area contributed by atoms with E-state index in [-0.39, 0.29) is 17.7 Å². The number of hydrogen-bond donors (Lipinski definition) is 2. The summed E-state index contributed by atoms with van der Waals surface area (Å²) < 4.78 is 0.748. The van der Waals surface area contributed by atoms with E-state index in [4.69, 9.17) is 17.3 Å². The van der Waals surface area contributed by atoms with Gasteiger partial charge in [-0.1, -0.05) is 11.6 Å². The average molecular weight is 345 g/mol. The second-order valence-corrected chi connectivity index (χ2v) is 7.52. The summed E-state index contributed by atoms with van der Waals surface area (Å²) in [7, 11) is 0. The number of amides is 2. The highest BCUT2D eigenvalue weighted by molar-refractivity contribution is 7.16. The van der Waals surface area contributed by atoms with Gasteiger partial charge in [0.15, 0.2) is 6.54 Å². The van der Waals surface area contributed by atoms with Gasteiger partial charge in [0.25, 0.3) is 5.91 Å². The molecular formula is C15H23ClN3O2S+. The molecule has 1 aliphatic heterocycles. The number of nitrogens with two attached hydrogens (primary N) is 1. The zero-order valence-electron chi connectivity index (χ0n) is 12.8. The third-order valence-electron chi connectivity index (χ3n) is 4.21. The number of carbonyl (C=O) groups excluding carboxylic acids is 2. The van der Waals surface area contributed by atoms with Gasteiger partial charge < -0.3 is 15.5 Å². The zero-order valence-corrected chi connectivity index (χ0v) is 14.4. The lowest BCUT2D eigenvalue weighted by molar-refractivity contribution is -0.898. The van der Waals surface area contributed by atoms with Crippen LogP contribution in [0.3, 0.4) is 0 Å². The average Bonchev–Trinajstić information content (AvgIpc) is 2.90. The Morgan fingerprint density at radius 1 is 1.41 bits per heavy atom. The molecule has 1 saturated heterocycles. The number of nitrogens with zero attached hydrogens (tertiary/aromatic N) is 1. The Morgan fingerprint density at radius 2 is 2.09 bits per heavy atom. The maximum atomic E-state index is 12.5. The Labute approximate surface area is 140 Å². The molecule has 0 atom stereocenters. The molecule has 0 unspecified atom stereocenters. The molecule has 2 amide bonds. The standard InChI is InChI=1S/C15H22ClN3O2S/c1-2-19(9-12-3-4-13(16)22-12)14(20)10-18-7-5-11(6-8-18)15(17)21/h3-4,11H,2,5-10H2,1H3,(H2,17,21)/p+1. The molecule has 1 fully saturated rings. The van der Waals surface area contributed by atoms with Crippen LogP contribution in [-0.4, -0.2) is 42.9 Å². The number of quaternary nitrogens is 1. The molecule has 0 radical (unpaired) electrons. The van der Waals surface area contributed by atoms with Crippen molar-refractivity contribution in [2.75, 3.05) is 26.2 Å². The van der Waals surface area contributed by atoms with E-state index in [9.17, 15) is 9.59 Å². The lowest BCUT2D eigenvalue weighted by Gasteiger charge is -2.29. The van der Waals surface area contributed by atoms with Gasteiger partial charge in [0.05, 0.1) is 24.0 Å². The van der Waals surface area contributed by atoms with Crippen LogP contribution in [0.2, 0.25) is 4.34 Å². The van der Waals surface area contributed by atoms with Gasteiger partial charge in [-0.2, -0.15) is 0 Å². The molecule has 7 heteroatoms. The number of likely N-dealkylation sites (tertiary alicyclic amines) is 1. The van der Waals surface area contributed by atoms with E-state index in [1.54, 1.807) is 0 Å². The molecule has 122 valence electrons. The molecule has 22 heavy (non-hydrogen) atoms. The third kappa shape index (κ3) is 4.69. The van der Waals surface area contributed by atoms with Crippen molar-refractivity contribution < 1.29 is 14.5 Å². The number of nitrogens with one attached hydrogen (secondary N) is 1. The van der Waals surface area contributed by atoms with E-state index in [2.05, 4.69) is 0 Å². The second-order valence-electron chi connectivity index (χ2n) is 5.72. The maximum Gasteiger partial charge on any atom is 0.278 e. The number of hydrogen-bond acceptors (Lipinski definition) is 3. The second kappa shape index (κ2) is 7.94. The van der Waals surface area contributed by atoms with Gasteiger partial charge in [-0.05, 0) is 19.1 Å². The lowest BCUT2D eigenvalue weighted by Crippen LogP contribution is -3.14. The number of primary amides is 1. The predicted molar refractivity (Wildman–Crippen MR) is 87.9 cm³/mol. The Bertz CT molecular complexity index is 527. The first-order valence-corrected chi connectivity index (χ1v) is 8.84. The number of thiophene rings is 1. The van der Waals surface area contributed by atoms with Crippen LogP contribution in [0, 0.1) is 5.92 Å². The van der Waals surface area contributed by atoms with Crippen molar-refractivity contribution in [3.63, 3.8) is 0 Å². The van der Waals surface area contributed by atoms with Crippen LogP contribution in [0.1, 0.15) is 24.6 Å². The van der Waals surface area contributed by atoms with E-state index < -0.39 is 0 Å². The molecule has 1 aromatic heterocycles. The highest BCUT2D eigenvalue weighted by Crippen LogP contribution is 2.22. The van der Waals surface area contributed by atoms with Gasteiger partial charge in [-0.15, -0.1) is 11.3 Å². The van der Waals surface area contributed by atoms with Crippen LogP contribution >= 0.6 is 22.9 Å². The number of likely N-dealkylation sites (N-methyl/N-ethyl adjacent to an activating group) is 1. The number of piperidine rings is 1. The molecule has 1 aromatic rings. The minimum Gasteiger partial charge on any atom is -0.369 e. The molecule has 0 spiro atoms. The molecular weight excluding hydrogens is 322 g/mol. The minimum absolute atomic E-state index is 0.0191. The smallest absolute Gasteiger partial charge is 0.278 e. The van der Waals surface area contributed by atoms with Crippen molar-refractivity contribution in [2.45, 2.75) is 26.3 Å². The Hall–Kier alpha value is -1.11. The first-order valence-electron chi connectivity index (χ1n) is 7.64. The molecule has 0 bridgehead atoms. The molecule has 0 saturated carbocycles. The van der Waals surface area contributed by atoms with Crippen LogP contribution < -0.4 is 10.6 Å². The van der Waals surface area contributed by atoms with Gasteiger partial charge in [0.2, 0.25) is 5.91 Å². The number of carbonyl (C=O) groups is 2. The molecule has 5 nitrogen and oxygen atoms in total. The lowest BCUT2D eigenvalue weighted by atomic mass is 9.96. The van der Waals surface area contributed by atoms with Gasteiger partial charge in [-0.25, -0.2) is 0 Å². The number of rotatable bonds is 6. The SMILES string of the molecule is CCN(Cc1ccc(Cl)s1)C(=O)C[NH+]1CCC(C(N)=O)CC1. The first kappa shape index (κ1) is 17.2. The molecule has 2 heterocycles. The van der Waals surface area contributed by atoms with Gasteiger partial charge >= 0.3 is 0 Å². The molecule has 1 aliphatic rings. The Balaban J connectivity index is 1.83. The van der Waals surface area contributed by atoms with Crippen LogP contribution in [0.25, 0.3) is 0 Å². The number of halogens is 1. The summed E-state index contributed by atoms with van der Waals surface area (Å²) in [6, 6.07) is 3.83. The monoisotopic (exact) mass is 344 g/mol. The van der Waals surface area contributed by atoms with E-state index in [1.807, 2.05) is 24.0 Å². The van der Waals surface area contributed by atoms with Gasteiger partial charge in [0.1, 0.15) is 0 Å².